The highest BCUT2D eigenvalue weighted by atomic mass is 35.5. The molecule has 0 saturated carbocycles. The first-order chi connectivity index (χ1) is 12.6. The van der Waals surface area contributed by atoms with Crippen LogP contribution in [0.5, 0.6) is 0 Å². The molecule has 0 N–H and O–H groups in total. The van der Waals surface area contributed by atoms with E-state index in [2.05, 4.69) is 15.0 Å². The second-order valence-corrected chi connectivity index (χ2v) is 6.16. The number of hydrogen-bond donors (Lipinski definition) is 0. The Morgan fingerprint density at radius 1 is 1.23 bits per heavy atom. The zero-order valence-corrected chi connectivity index (χ0v) is 15.0. The lowest BCUT2D eigenvalue weighted by Gasteiger charge is -2.19. The molecule has 0 fully saturated rings. The monoisotopic (exact) mass is 388 g/mol. The molecule has 0 bridgehead atoms. The topological polar surface area (TPSA) is 69.9 Å². The first kappa shape index (κ1) is 18.1. The Morgan fingerprint density at radius 3 is 2.81 bits per heavy atom. The van der Waals surface area contributed by atoms with Crippen molar-refractivity contribution in [1.29, 1.82) is 0 Å². The lowest BCUT2D eigenvalue weighted by molar-refractivity contribution is -0.144. The molecule has 8 heteroatoms. The van der Waals surface area contributed by atoms with Gasteiger partial charge in [0.25, 0.3) is 0 Å². The number of hydrogen-bond acceptors (Lipinski definition) is 5. The van der Waals surface area contributed by atoms with Crippen LogP contribution in [0.1, 0.15) is 17.4 Å². The second kappa shape index (κ2) is 8.60. The number of esters is 1. The standard InChI is InChI=1S/C18H14Cl2N4O2/c19-13-1-3-15(16(20)9-13)17(10-24-8-7-22-12-24)26-18(25)4-2-14-5-6-21-11-23-14/h1-9,11-12,17H,10H2/b4-2+. The van der Waals surface area contributed by atoms with Crippen LogP contribution in [0.4, 0.5) is 0 Å². The highest BCUT2D eigenvalue weighted by Crippen LogP contribution is 2.30. The fraction of sp³-hybridized carbons (Fsp3) is 0.111. The largest absolute Gasteiger partial charge is 0.452 e. The smallest absolute Gasteiger partial charge is 0.331 e. The summed E-state index contributed by atoms with van der Waals surface area (Å²) in [6.45, 7) is 0.369. The summed E-state index contributed by atoms with van der Waals surface area (Å²) in [7, 11) is 0. The third kappa shape index (κ3) is 4.91. The Bertz CT molecular complexity index is 899. The highest BCUT2D eigenvalue weighted by molar-refractivity contribution is 6.35. The molecule has 0 aliphatic heterocycles. The fourth-order valence-electron chi connectivity index (χ4n) is 2.28. The van der Waals surface area contributed by atoms with E-state index in [0.29, 0.717) is 27.8 Å². The normalized spacial score (nSPS) is 12.2. The lowest BCUT2D eigenvalue weighted by atomic mass is 10.1. The summed E-state index contributed by atoms with van der Waals surface area (Å²) < 4.78 is 7.41. The van der Waals surface area contributed by atoms with Gasteiger partial charge in [-0.1, -0.05) is 29.3 Å². The number of benzene rings is 1. The maximum absolute atomic E-state index is 12.3. The van der Waals surface area contributed by atoms with Gasteiger partial charge in [0.05, 0.1) is 18.6 Å². The number of rotatable bonds is 6. The quantitative estimate of drug-likeness (QED) is 0.471. The van der Waals surface area contributed by atoms with Crippen LogP contribution in [-0.4, -0.2) is 25.5 Å². The van der Waals surface area contributed by atoms with E-state index in [9.17, 15) is 4.79 Å². The van der Waals surface area contributed by atoms with Gasteiger partial charge in [-0.25, -0.2) is 19.7 Å². The average molecular weight is 389 g/mol. The minimum Gasteiger partial charge on any atom is -0.452 e. The van der Waals surface area contributed by atoms with E-state index in [0.717, 1.165) is 0 Å². The fourth-order valence-corrected chi connectivity index (χ4v) is 2.81. The molecule has 0 radical (unpaired) electrons. The Morgan fingerprint density at radius 2 is 2.12 bits per heavy atom. The van der Waals surface area contributed by atoms with Gasteiger partial charge in [-0.15, -0.1) is 0 Å². The number of ether oxygens (including phenoxy) is 1. The third-order valence-electron chi connectivity index (χ3n) is 3.50. The number of carbonyl (C=O) groups is 1. The molecular weight excluding hydrogens is 375 g/mol. The van der Waals surface area contributed by atoms with Crippen LogP contribution >= 0.6 is 23.2 Å². The van der Waals surface area contributed by atoms with Crippen molar-refractivity contribution in [3.8, 4) is 0 Å². The molecule has 3 rings (SSSR count). The SMILES string of the molecule is O=C(/C=C/c1ccncn1)OC(Cn1ccnc1)c1ccc(Cl)cc1Cl. The van der Waals surface area contributed by atoms with Crippen molar-refractivity contribution in [3.63, 3.8) is 0 Å². The Balaban J connectivity index is 1.79. The average Bonchev–Trinajstić information content (AvgIpc) is 3.13. The summed E-state index contributed by atoms with van der Waals surface area (Å²) in [5.74, 6) is -0.514. The number of aromatic nitrogens is 4. The first-order valence-corrected chi connectivity index (χ1v) is 8.43. The molecule has 2 heterocycles. The zero-order valence-electron chi connectivity index (χ0n) is 13.5. The third-order valence-corrected chi connectivity index (χ3v) is 4.06. The predicted molar refractivity (Wildman–Crippen MR) is 98.6 cm³/mol. The summed E-state index contributed by atoms with van der Waals surface area (Å²) in [6.07, 6.45) is 10.3. The van der Waals surface area contributed by atoms with Gasteiger partial charge in [0.1, 0.15) is 12.4 Å². The molecule has 3 aromatic rings. The van der Waals surface area contributed by atoms with E-state index >= 15 is 0 Å². The van der Waals surface area contributed by atoms with Gasteiger partial charge < -0.3 is 9.30 Å². The Labute approximate surface area is 160 Å². The second-order valence-electron chi connectivity index (χ2n) is 5.32. The lowest BCUT2D eigenvalue weighted by Crippen LogP contribution is -2.15. The van der Waals surface area contributed by atoms with Crippen LogP contribution in [0.2, 0.25) is 10.0 Å². The summed E-state index contributed by atoms with van der Waals surface area (Å²) >= 11 is 12.2. The van der Waals surface area contributed by atoms with E-state index in [1.54, 1.807) is 59.8 Å². The minimum atomic E-state index is -0.600. The van der Waals surface area contributed by atoms with E-state index < -0.39 is 12.1 Å². The van der Waals surface area contributed by atoms with E-state index in [1.807, 2.05) is 0 Å². The molecule has 26 heavy (non-hydrogen) atoms. The molecule has 6 nitrogen and oxygen atoms in total. The van der Waals surface area contributed by atoms with Gasteiger partial charge >= 0.3 is 5.97 Å². The number of carbonyl (C=O) groups excluding carboxylic acids is 1. The van der Waals surface area contributed by atoms with Crippen molar-refractivity contribution >= 4 is 35.2 Å². The Hall–Kier alpha value is -2.70. The van der Waals surface area contributed by atoms with Crippen LogP contribution in [0.3, 0.4) is 0 Å². The van der Waals surface area contributed by atoms with E-state index in [4.69, 9.17) is 27.9 Å². The van der Waals surface area contributed by atoms with Crippen LogP contribution in [-0.2, 0) is 16.1 Å². The molecule has 1 aromatic carbocycles. The van der Waals surface area contributed by atoms with Crippen molar-refractivity contribution in [3.05, 3.63) is 82.9 Å². The van der Waals surface area contributed by atoms with Gasteiger partial charge in [-0.2, -0.15) is 0 Å². The molecule has 0 spiro atoms. The zero-order chi connectivity index (χ0) is 18.4. The summed E-state index contributed by atoms with van der Waals surface area (Å²) in [5.41, 5.74) is 1.26. The van der Waals surface area contributed by atoms with Crippen molar-refractivity contribution in [2.75, 3.05) is 0 Å². The maximum atomic E-state index is 12.3. The molecule has 0 aliphatic rings. The van der Waals surface area contributed by atoms with E-state index in [1.165, 1.54) is 12.4 Å². The van der Waals surface area contributed by atoms with Gasteiger partial charge in [0, 0.05) is 40.3 Å². The number of halogens is 2. The van der Waals surface area contributed by atoms with Gasteiger partial charge in [-0.3, -0.25) is 0 Å². The molecule has 1 atom stereocenters. The van der Waals surface area contributed by atoms with Crippen molar-refractivity contribution < 1.29 is 9.53 Å². The number of imidazole rings is 1. The maximum Gasteiger partial charge on any atom is 0.331 e. The van der Waals surface area contributed by atoms with Crippen molar-refractivity contribution in [2.24, 2.45) is 0 Å². The first-order valence-electron chi connectivity index (χ1n) is 7.67. The van der Waals surface area contributed by atoms with Crippen LogP contribution in [0, 0.1) is 0 Å². The molecule has 0 aliphatic carbocycles. The van der Waals surface area contributed by atoms with Gasteiger partial charge in [0.2, 0.25) is 0 Å². The van der Waals surface area contributed by atoms with Crippen molar-refractivity contribution in [1.82, 2.24) is 19.5 Å². The minimum absolute atomic E-state index is 0.369. The Kier molecular flexibility index (Phi) is 5.99. The van der Waals surface area contributed by atoms with Crippen LogP contribution in [0.25, 0.3) is 6.08 Å². The van der Waals surface area contributed by atoms with Gasteiger partial charge in [-0.05, 0) is 24.3 Å². The van der Waals surface area contributed by atoms with Crippen LogP contribution < -0.4 is 0 Å². The molecule has 1 unspecified atom stereocenters. The summed E-state index contributed by atoms with van der Waals surface area (Å²) in [4.78, 5) is 24.1. The molecular formula is C18H14Cl2N4O2. The predicted octanol–water partition coefficient (Wildman–Crippen LogP) is 3.98. The molecule has 132 valence electrons. The summed E-state index contributed by atoms with van der Waals surface area (Å²) in [5, 5.41) is 0.935. The highest BCUT2D eigenvalue weighted by Gasteiger charge is 2.19. The molecule has 0 saturated heterocycles. The molecule has 0 amide bonds. The van der Waals surface area contributed by atoms with Gasteiger partial charge in [0.15, 0.2) is 0 Å². The van der Waals surface area contributed by atoms with Crippen LogP contribution in [0.15, 0.2) is 61.6 Å². The van der Waals surface area contributed by atoms with E-state index in [-0.39, 0.29) is 0 Å². The molecule has 2 aromatic heterocycles. The van der Waals surface area contributed by atoms with Crippen molar-refractivity contribution in [2.45, 2.75) is 12.6 Å². The summed E-state index contributed by atoms with van der Waals surface area (Å²) in [6, 6.07) is 6.74. The number of nitrogens with zero attached hydrogens (tertiary/aromatic N) is 4.